The molecule has 7 atom stereocenters. The number of sulfonamides is 1. The van der Waals surface area contributed by atoms with Crippen molar-refractivity contribution in [1.82, 2.24) is 24.8 Å². The number of ether oxygens (including phenoxy) is 2. The van der Waals surface area contributed by atoms with Crippen molar-refractivity contribution in [3.63, 3.8) is 0 Å². The Balaban J connectivity index is 1.41. The molecule has 59 heavy (non-hydrogen) atoms. The number of allylic oxidation sites excluding steroid dienone is 1. The highest BCUT2D eigenvalue weighted by Crippen LogP contribution is 2.48. The summed E-state index contributed by atoms with van der Waals surface area (Å²) >= 11 is 0. The summed E-state index contributed by atoms with van der Waals surface area (Å²) in [6.45, 7) is 9.71. The van der Waals surface area contributed by atoms with Gasteiger partial charge < -0.3 is 24.8 Å². The summed E-state index contributed by atoms with van der Waals surface area (Å²) in [4.78, 5) is 62.1. The number of amides is 4. The number of carbonyl (C=O) groups is 4. The van der Waals surface area contributed by atoms with Crippen LogP contribution >= 0.6 is 0 Å². The van der Waals surface area contributed by atoms with Crippen molar-refractivity contribution in [3.8, 4) is 11.6 Å². The first-order chi connectivity index (χ1) is 27.4. The van der Waals surface area contributed by atoms with Crippen molar-refractivity contribution in [3.05, 3.63) is 42.6 Å². The molecule has 3 N–H and O–H groups in total. The van der Waals surface area contributed by atoms with Gasteiger partial charge in [-0.15, -0.1) is 0 Å². The number of nitrogens with zero attached hydrogens (tertiary/aromatic N) is 3. The molecule has 2 aliphatic heterocycles. The average Bonchev–Trinajstić information content (AvgIpc) is 4.01. The molecule has 6 rings (SSSR count). The molecule has 2 aliphatic carbocycles. The van der Waals surface area contributed by atoms with E-state index in [0.717, 1.165) is 4.90 Å². The maximum Gasteiger partial charge on any atom is 0.411 e. The molecule has 3 heterocycles. The van der Waals surface area contributed by atoms with E-state index in [1.165, 1.54) is 20.0 Å². The molecule has 3 fully saturated rings. The van der Waals surface area contributed by atoms with Gasteiger partial charge in [0.25, 0.3) is 5.91 Å². The molecule has 0 spiro atoms. The van der Waals surface area contributed by atoms with Crippen LogP contribution in [-0.4, -0.2) is 105 Å². The Labute approximate surface area is 342 Å². The van der Waals surface area contributed by atoms with E-state index in [9.17, 15) is 41.1 Å². The number of halogens is 3. The van der Waals surface area contributed by atoms with Gasteiger partial charge in [-0.1, -0.05) is 26.0 Å². The Kier molecular flexibility index (Phi) is 11.8. The zero-order valence-electron chi connectivity index (χ0n) is 34.3. The summed E-state index contributed by atoms with van der Waals surface area (Å²) in [5, 5.41) is 14.5. The highest BCUT2D eigenvalue weighted by molar-refractivity contribution is 7.91. The van der Waals surface area contributed by atoms with Gasteiger partial charge in [-0.2, -0.15) is 13.2 Å². The van der Waals surface area contributed by atoms with Crippen LogP contribution in [0.3, 0.4) is 0 Å². The topological polar surface area (TPSA) is 185 Å². The lowest BCUT2D eigenvalue weighted by atomic mass is 9.85. The number of pyridine rings is 1. The molecule has 4 amide bonds. The summed E-state index contributed by atoms with van der Waals surface area (Å²) in [5.74, 6) is -3.85. The van der Waals surface area contributed by atoms with E-state index in [-0.39, 0.29) is 48.6 Å². The van der Waals surface area contributed by atoms with E-state index in [2.05, 4.69) is 15.0 Å². The number of carboxylic acid groups (broad SMARTS) is 1. The second-order valence-corrected chi connectivity index (χ2v) is 20.0. The molecule has 14 nitrogen and oxygen atoms in total. The van der Waals surface area contributed by atoms with Gasteiger partial charge in [0.2, 0.25) is 27.7 Å². The zero-order valence-corrected chi connectivity index (χ0v) is 35.2. The third-order valence-corrected chi connectivity index (χ3v) is 14.5. The first-order valence-corrected chi connectivity index (χ1v) is 21.6. The summed E-state index contributed by atoms with van der Waals surface area (Å²) in [7, 11) is -4.12. The fraction of sp³-hybridized carbons (Fsp3) is 0.634. The number of hydrogen-bond acceptors (Lipinski definition) is 9. The summed E-state index contributed by atoms with van der Waals surface area (Å²) in [6.07, 6.45) is -1.39. The van der Waals surface area contributed by atoms with Crippen molar-refractivity contribution in [2.75, 3.05) is 6.54 Å². The van der Waals surface area contributed by atoms with E-state index in [1.54, 1.807) is 30.3 Å². The SMILES string of the molecule is CC(C)Oc1ccc2c(O[C@@H]3C[C@H]4C(=O)N[C@]5(C(=O)NS(=O)(=O)C6(C)CC6)C[C@H]5C=CCC[C@@H](C)C[C@@H](C)[C@H](N(C(=O)O)C(C)(C)C(F)(F)F)C(=O)N4C3)nccc2c1. The maximum atomic E-state index is 15.0. The highest BCUT2D eigenvalue weighted by atomic mass is 32.2. The number of fused-ring (bicyclic) bond motifs is 3. The van der Waals surface area contributed by atoms with E-state index in [4.69, 9.17) is 9.47 Å². The van der Waals surface area contributed by atoms with Gasteiger partial charge in [-0.3, -0.25) is 24.0 Å². The molecule has 1 aromatic carbocycles. The maximum absolute atomic E-state index is 15.0. The van der Waals surface area contributed by atoms with Gasteiger partial charge in [0.15, 0.2) is 0 Å². The van der Waals surface area contributed by atoms with Crippen molar-refractivity contribution in [2.24, 2.45) is 17.8 Å². The molecule has 1 aromatic heterocycles. The first-order valence-electron chi connectivity index (χ1n) is 20.1. The van der Waals surface area contributed by atoms with Gasteiger partial charge in [0, 0.05) is 23.9 Å². The molecular weight excluding hydrogens is 796 g/mol. The third-order valence-electron chi connectivity index (χ3n) is 12.3. The predicted molar refractivity (Wildman–Crippen MR) is 211 cm³/mol. The number of nitrogens with one attached hydrogen (secondary N) is 2. The van der Waals surface area contributed by atoms with Crippen LogP contribution in [0.5, 0.6) is 11.6 Å². The van der Waals surface area contributed by atoms with Crippen LogP contribution in [0.15, 0.2) is 42.6 Å². The third kappa shape index (κ3) is 8.69. The Morgan fingerprint density at radius 2 is 1.81 bits per heavy atom. The second kappa shape index (κ2) is 15.8. The van der Waals surface area contributed by atoms with Crippen LogP contribution in [0.4, 0.5) is 18.0 Å². The van der Waals surface area contributed by atoms with Gasteiger partial charge in [-0.05, 0) is 115 Å². The molecule has 2 saturated carbocycles. The second-order valence-electron chi connectivity index (χ2n) is 17.8. The van der Waals surface area contributed by atoms with Crippen LogP contribution in [0.1, 0.15) is 93.4 Å². The summed E-state index contributed by atoms with van der Waals surface area (Å²) < 4.78 is 83.8. The average molecular weight is 850 g/mol. The number of aromatic nitrogens is 1. The Hall–Kier alpha value is -4.61. The monoisotopic (exact) mass is 849 g/mol. The minimum Gasteiger partial charge on any atom is -0.491 e. The largest absolute Gasteiger partial charge is 0.491 e. The fourth-order valence-electron chi connectivity index (χ4n) is 8.31. The van der Waals surface area contributed by atoms with E-state index in [1.807, 2.05) is 26.8 Å². The van der Waals surface area contributed by atoms with Crippen LogP contribution in [-0.2, 0) is 24.4 Å². The lowest BCUT2D eigenvalue weighted by Gasteiger charge is -2.45. The Morgan fingerprint density at radius 3 is 2.44 bits per heavy atom. The van der Waals surface area contributed by atoms with Crippen molar-refractivity contribution < 1.29 is 55.3 Å². The van der Waals surface area contributed by atoms with Crippen LogP contribution in [0.2, 0.25) is 0 Å². The zero-order chi connectivity index (χ0) is 43.5. The fourth-order valence-corrected chi connectivity index (χ4v) is 9.62. The number of rotatable bonds is 9. The molecule has 0 radical (unpaired) electrons. The van der Waals surface area contributed by atoms with E-state index >= 15 is 4.79 Å². The van der Waals surface area contributed by atoms with Crippen LogP contribution < -0.4 is 19.5 Å². The number of carbonyl (C=O) groups excluding carboxylic acids is 3. The van der Waals surface area contributed by atoms with Gasteiger partial charge in [0.1, 0.15) is 35.0 Å². The van der Waals surface area contributed by atoms with Crippen LogP contribution in [0.25, 0.3) is 10.8 Å². The lowest BCUT2D eigenvalue weighted by Crippen LogP contribution is -2.66. The standard InChI is InChI=1S/C41H54F3N5O9S/c1-23(2)57-28-12-13-30-26(19-28)14-17-45-34(30)58-29-20-31-33(50)46-40(36(52)47-59(55,56)39(7)15-16-39)21-27(40)11-9-8-10-24(3)18-25(4)32(35(51)48(31)22-29)49(37(53)54)38(5,6)41(42,43)44/h9,11-14,17,19,23-25,27,29,31-32H,8,10,15-16,18,20-22H2,1-7H3,(H,46,50)(H,47,52)(H,53,54)/t24-,25-,27-,29-,31+,32+,40-/m1/s1. The van der Waals surface area contributed by atoms with E-state index in [0.29, 0.717) is 56.1 Å². The summed E-state index contributed by atoms with van der Waals surface area (Å²) in [5.41, 5.74) is -4.75. The lowest BCUT2D eigenvalue weighted by molar-refractivity contribution is -0.222. The Morgan fingerprint density at radius 1 is 1.12 bits per heavy atom. The molecule has 18 heteroatoms. The van der Waals surface area contributed by atoms with E-state index < -0.39 is 85.9 Å². The molecule has 1 saturated heterocycles. The van der Waals surface area contributed by atoms with Gasteiger partial charge in [-0.25, -0.2) is 18.2 Å². The Bertz CT molecular complexity index is 2130. The van der Waals surface area contributed by atoms with Gasteiger partial charge in [0.05, 0.1) is 17.4 Å². The minimum atomic E-state index is -5.09. The molecule has 0 bridgehead atoms. The van der Waals surface area contributed by atoms with Crippen LogP contribution in [0, 0.1) is 17.8 Å². The quantitative estimate of drug-likeness (QED) is 0.255. The molecule has 324 valence electrons. The van der Waals surface area contributed by atoms with Gasteiger partial charge >= 0.3 is 12.3 Å². The number of hydrogen-bond donors (Lipinski definition) is 3. The van der Waals surface area contributed by atoms with Crippen molar-refractivity contribution in [2.45, 2.75) is 140 Å². The number of benzene rings is 1. The summed E-state index contributed by atoms with van der Waals surface area (Å²) in [6, 6.07) is 3.65. The van der Waals surface area contributed by atoms with Crippen molar-refractivity contribution >= 4 is 44.6 Å². The molecular formula is C41H54F3N5O9S. The predicted octanol–water partition coefficient (Wildman–Crippen LogP) is 5.95. The van der Waals surface area contributed by atoms with Crippen molar-refractivity contribution in [1.29, 1.82) is 0 Å². The molecule has 0 unspecified atom stereocenters. The first kappa shape index (κ1) is 44.0. The smallest absolute Gasteiger partial charge is 0.411 e. The molecule has 4 aliphatic rings. The molecule has 2 aromatic rings. The minimum absolute atomic E-state index is 0.0537. The number of alkyl halides is 3. The normalized spacial score (nSPS) is 28.8. The highest BCUT2D eigenvalue weighted by Gasteiger charge is 2.64.